The maximum Gasteiger partial charge on any atom is 0.416 e. The lowest BCUT2D eigenvalue weighted by Gasteiger charge is -2.17. The molecule has 0 fully saturated rings. The van der Waals surface area contributed by atoms with E-state index in [0.29, 0.717) is 34.8 Å². The topological polar surface area (TPSA) is 87.9 Å². The molecule has 0 heterocycles. The van der Waals surface area contributed by atoms with Gasteiger partial charge in [0.1, 0.15) is 36.0 Å². The van der Waals surface area contributed by atoms with Gasteiger partial charge < -0.3 is 23.9 Å². The molecule has 3 rings (SSSR count). The van der Waals surface area contributed by atoms with Crippen LogP contribution in [0.3, 0.4) is 0 Å². The number of hydrogen-bond acceptors (Lipinski definition) is 8. The minimum absolute atomic E-state index is 0.0428. The summed E-state index contributed by atoms with van der Waals surface area (Å²) in [6, 6.07) is 20.7. The van der Waals surface area contributed by atoms with Crippen LogP contribution in [0.2, 0.25) is 0 Å². The van der Waals surface area contributed by atoms with E-state index in [1.165, 1.54) is 26.5 Å². The highest BCUT2D eigenvalue weighted by molar-refractivity contribution is 6.37. The van der Waals surface area contributed by atoms with Crippen molar-refractivity contribution in [2.45, 2.75) is 32.7 Å². The molecule has 0 N–H and O–H groups in total. The summed E-state index contributed by atoms with van der Waals surface area (Å²) >= 11 is 0. The molecule has 11 heteroatoms. The molecule has 0 aliphatic rings. The Bertz CT molecular complexity index is 1400. The molecule has 3 aromatic rings. The molecule has 1 unspecified atom stereocenters. The summed E-state index contributed by atoms with van der Waals surface area (Å²) in [5.41, 5.74) is 1.35. The lowest BCUT2D eigenvalue weighted by atomic mass is 10.0. The lowest BCUT2D eigenvalue weighted by molar-refractivity contribution is -0.138. The van der Waals surface area contributed by atoms with E-state index in [1.807, 2.05) is 18.2 Å². The summed E-state index contributed by atoms with van der Waals surface area (Å²) < 4.78 is 55.1. The van der Waals surface area contributed by atoms with Gasteiger partial charge in [0, 0.05) is 11.1 Å². The van der Waals surface area contributed by atoms with Crippen LogP contribution >= 0.6 is 0 Å². The molecule has 1 atom stereocenters. The number of carbonyl (C=O) groups excluding carboxylic acids is 1. The van der Waals surface area contributed by atoms with Crippen LogP contribution in [0.15, 0.2) is 94.7 Å². The molecule has 222 valence electrons. The normalized spacial score (nSPS) is 13.3. The van der Waals surface area contributed by atoms with Crippen LogP contribution in [0.5, 0.6) is 5.75 Å². The van der Waals surface area contributed by atoms with Gasteiger partial charge in [-0.3, -0.25) is 0 Å². The number of methoxy groups -OCH3 is 2. The zero-order valence-electron chi connectivity index (χ0n) is 23.6. The number of benzene rings is 3. The fourth-order valence-corrected chi connectivity index (χ4v) is 3.76. The minimum Gasteiger partial charge on any atom is -0.495 e. The first-order valence-corrected chi connectivity index (χ1v) is 12.9. The maximum absolute atomic E-state index is 13.0. The number of alkyl halides is 3. The van der Waals surface area contributed by atoms with Gasteiger partial charge in [0.25, 0.3) is 0 Å². The Morgan fingerprint density at radius 1 is 0.929 bits per heavy atom. The average molecular weight is 585 g/mol. The second kappa shape index (κ2) is 15.3. The van der Waals surface area contributed by atoms with E-state index in [9.17, 15) is 18.0 Å². The molecule has 42 heavy (non-hydrogen) atoms. The van der Waals surface area contributed by atoms with Crippen LogP contribution in [0, 0.1) is 0 Å². The first kappa shape index (κ1) is 31.7. The molecule has 0 saturated heterocycles. The quantitative estimate of drug-likeness (QED) is 0.0736. The second-order valence-electron chi connectivity index (χ2n) is 8.69. The molecule has 0 radical (unpaired) electrons. The highest BCUT2D eigenvalue weighted by atomic mass is 19.4. The van der Waals surface area contributed by atoms with Crippen molar-refractivity contribution in [1.82, 2.24) is 0 Å². The van der Waals surface area contributed by atoms with Crippen molar-refractivity contribution in [3.63, 3.8) is 0 Å². The van der Waals surface area contributed by atoms with Crippen molar-refractivity contribution in [2.75, 3.05) is 20.8 Å². The van der Waals surface area contributed by atoms with Crippen molar-refractivity contribution in [3.05, 3.63) is 107 Å². The Hall–Kier alpha value is -4.80. The van der Waals surface area contributed by atoms with Gasteiger partial charge in [-0.15, -0.1) is 0 Å². The Morgan fingerprint density at radius 2 is 1.64 bits per heavy atom. The van der Waals surface area contributed by atoms with E-state index < -0.39 is 23.8 Å². The Morgan fingerprint density at radius 3 is 2.26 bits per heavy atom. The fraction of sp³-hybridized carbons (Fsp3) is 0.258. The molecule has 0 aromatic heterocycles. The average Bonchev–Trinajstić information content (AvgIpc) is 3.00. The predicted molar refractivity (Wildman–Crippen MR) is 152 cm³/mol. The van der Waals surface area contributed by atoms with E-state index in [2.05, 4.69) is 10.3 Å². The smallest absolute Gasteiger partial charge is 0.416 e. The summed E-state index contributed by atoms with van der Waals surface area (Å²) in [4.78, 5) is 23.4. The number of hydrogen-bond donors (Lipinski definition) is 0. The first-order valence-electron chi connectivity index (χ1n) is 12.9. The van der Waals surface area contributed by atoms with Crippen LogP contribution < -0.4 is 4.74 Å². The van der Waals surface area contributed by atoms with Crippen molar-refractivity contribution < 1.29 is 41.9 Å². The van der Waals surface area contributed by atoms with Crippen LogP contribution in [0.4, 0.5) is 13.2 Å². The SMILES string of the molecule is CCON=C(C=NOC(C)C(C(=O)OC)=C(OC)c1ccccc1)c1ccc(OCc2cccc(C(F)(F)F)c2)cc1. The van der Waals surface area contributed by atoms with E-state index in [4.69, 9.17) is 23.9 Å². The number of oxime groups is 2. The van der Waals surface area contributed by atoms with Gasteiger partial charge in [-0.2, -0.15) is 13.2 Å². The van der Waals surface area contributed by atoms with Crippen LogP contribution in [-0.2, 0) is 36.7 Å². The van der Waals surface area contributed by atoms with Gasteiger partial charge in [0.05, 0.1) is 26.0 Å². The van der Waals surface area contributed by atoms with Crippen LogP contribution in [0.25, 0.3) is 5.76 Å². The zero-order valence-corrected chi connectivity index (χ0v) is 23.6. The summed E-state index contributed by atoms with van der Waals surface area (Å²) in [6.45, 7) is 3.65. The fourth-order valence-electron chi connectivity index (χ4n) is 3.76. The third-order valence-electron chi connectivity index (χ3n) is 5.79. The number of ether oxygens (including phenoxy) is 3. The summed E-state index contributed by atoms with van der Waals surface area (Å²) in [7, 11) is 2.71. The van der Waals surface area contributed by atoms with Gasteiger partial charge in [-0.05, 0) is 55.8 Å². The van der Waals surface area contributed by atoms with Gasteiger partial charge in [0.2, 0.25) is 0 Å². The van der Waals surface area contributed by atoms with Gasteiger partial charge in [0.15, 0.2) is 6.10 Å². The summed E-state index contributed by atoms with van der Waals surface area (Å²) in [5, 5.41) is 8.09. The van der Waals surface area contributed by atoms with Crippen molar-refractivity contribution in [3.8, 4) is 5.75 Å². The third-order valence-corrected chi connectivity index (χ3v) is 5.79. The summed E-state index contributed by atoms with van der Waals surface area (Å²) in [5.74, 6) is 0.0889. The standard InChI is InChI=1S/C31H31F3N2O6/c1-5-41-36-27(19-35-42-21(2)28(30(37)39-4)29(38-3)24-11-7-6-8-12-24)23-14-16-26(17-15-23)40-20-22-10-9-13-25(18-22)31(32,33)34/h6-19,21H,5,20H2,1-4H3. The first-order chi connectivity index (χ1) is 20.2. The van der Waals surface area contributed by atoms with Gasteiger partial charge >= 0.3 is 12.1 Å². The van der Waals surface area contributed by atoms with Crippen molar-refractivity contribution in [1.29, 1.82) is 0 Å². The largest absolute Gasteiger partial charge is 0.495 e. The molecule has 0 saturated carbocycles. The Kier molecular flexibility index (Phi) is 11.5. The summed E-state index contributed by atoms with van der Waals surface area (Å²) in [6.07, 6.45) is -3.96. The van der Waals surface area contributed by atoms with Crippen LogP contribution in [0.1, 0.15) is 36.1 Å². The van der Waals surface area contributed by atoms with Crippen LogP contribution in [-0.4, -0.2) is 44.8 Å². The highest BCUT2D eigenvalue weighted by Crippen LogP contribution is 2.30. The van der Waals surface area contributed by atoms with E-state index in [-0.39, 0.29) is 17.9 Å². The molecule has 0 aliphatic heterocycles. The number of rotatable bonds is 13. The highest BCUT2D eigenvalue weighted by Gasteiger charge is 2.30. The van der Waals surface area contributed by atoms with E-state index in [0.717, 1.165) is 12.1 Å². The second-order valence-corrected chi connectivity index (χ2v) is 8.69. The molecular weight excluding hydrogens is 553 g/mol. The monoisotopic (exact) mass is 584 g/mol. The Balaban J connectivity index is 1.74. The predicted octanol–water partition coefficient (Wildman–Crippen LogP) is 6.65. The number of halogens is 3. The Labute approximate surface area is 242 Å². The molecule has 8 nitrogen and oxygen atoms in total. The molecular formula is C31H31F3N2O6. The minimum atomic E-state index is -4.43. The number of nitrogens with zero attached hydrogens (tertiary/aromatic N) is 2. The lowest BCUT2D eigenvalue weighted by Crippen LogP contribution is -2.21. The van der Waals surface area contributed by atoms with Crippen molar-refractivity contribution >= 4 is 23.7 Å². The molecule has 0 spiro atoms. The molecule has 0 amide bonds. The molecule has 0 bridgehead atoms. The molecule has 3 aromatic carbocycles. The van der Waals surface area contributed by atoms with E-state index in [1.54, 1.807) is 56.3 Å². The number of esters is 1. The zero-order chi connectivity index (χ0) is 30.5. The van der Waals surface area contributed by atoms with Crippen molar-refractivity contribution in [2.24, 2.45) is 10.3 Å². The third kappa shape index (κ3) is 8.85. The van der Waals surface area contributed by atoms with E-state index >= 15 is 0 Å². The number of carbonyl (C=O) groups is 1. The van der Waals surface area contributed by atoms with Gasteiger partial charge in [-0.25, -0.2) is 4.79 Å². The maximum atomic E-state index is 13.0. The molecule has 0 aliphatic carbocycles. The van der Waals surface area contributed by atoms with Gasteiger partial charge in [-0.1, -0.05) is 52.8 Å².